The summed E-state index contributed by atoms with van der Waals surface area (Å²) >= 11 is 0. The molecule has 19 heavy (non-hydrogen) atoms. The van der Waals surface area contributed by atoms with Crippen LogP contribution in [0.25, 0.3) is 0 Å². The first-order valence-electron chi connectivity index (χ1n) is 8.20. The van der Waals surface area contributed by atoms with Crippen LogP contribution in [0.2, 0.25) is 0 Å². The summed E-state index contributed by atoms with van der Waals surface area (Å²) in [6.07, 6.45) is 6.54. The number of hydrogen-bond donors (Lipinski definition) is 1. The molecule has 2 aliphatic rings. The van der Waals surface area contributed by atoms with Gasteiger partial charge in [-0.1, -0.05) is 6.92 Å². The molecule has 2 fully saturated rings. The molecule has 0 bridgehead atoms. The molecule has 1 unspecified atom stereocenters. The molecule has 0 aromatic heterocycles. The van der Waals surface area contributed by atoms with Gasteiger partial charge in [-0.2, -0.15) is 0 Å². The highest BCUT2D eigenvalue weighted by molar-refractivity contribution is 4.91. The fourth-order valence-electron chi connectivity index (χ4n) is 3.12. The Kier molecular flexibility index (Phi) is 5.67. The molecule has 0 amide bonds. The van der Waals surface area contributed by atoms with Gasteiger partial charge >= 0.3 is 0 Å². The molecule has 0 radical (unpaired) electrons. The summed E-state index contributed by atoms with van der Waals surface area (Å²) in [7, 11) is 0. The Morgan fingerprint density at radius 2 is 2.16 bits per heavy atom. The molecule has 1 aliphatic heterocycles. The number of hydrogen-bond acceptors (Lipinski definition) is 3. The minimum Gasteiger partial charge on any atom is -0.381 e. The van der Waals surface area contributed by atoms with Crippen molar-refractivity contribution in [1.82, 2.24) is 10.2 Å². The summed E-state index contributed by atoms with van der Waals surface area (Å²) in [6, 6.07) is 1.44. The largest absolute Gasteiger partial charge is 0.381 e. The zero-order chi connectivity index (χ0) is 13.7. The van der Waals surface area contributed by atoms with E-state index >= 15 is 0 Å². The molecule has 3 nitrogen and oxygen atoms in total. The standard InChI is InChI=1S/C16H32N2O/c1-4-9-18(14(2)3)12-16(8-5-10-19-13-16)11-17-15-6-7-15/h14-15,17H,4-13H2,1-3H3. The zero-order valence-electron chi connectivity index (χ0n) is 13.1. The van der Waals surface area contributed by atoms with Gasteiger partial charge in [-0.3, -0.25) is 0 Å². The Hall–Kier alpha value is -0.120. The van der Waals surface area contributed by atoms with Crippen LogP contribution in [-0.4, -0.2) is 49.8 Å². The van der Waals surface area contributed by atoms with E-state index in [0.29, 0.717) is 11.5 Å². The van der Waals surface area contributed by atoms with Crippen molar-refractivity contribution >= 4 is 0 Å². The average molecular weight is 268 g/mol. The van der Waals surface area contributed by atoms with Crippen LogP contribution in [0.1, 0.15) is 52.9 Å². The summed E-state index contributed by atoms with van der Waals surface area (Å²) in [5.74, 6) is 0. The molecule has 112 valence electrons. The van der Waals surface area contributed by atoms with Crippen LogP contribution >= 0.6 is 0 Å². The Morgan fingerprint density at radius 3 is 2.68 bits per heavy atom. The molecule has 0 aromatic carbocycles. The van der Waals surface area contributed by atoms with E-state index in [1.54, 1.807) is 0 Å². The maximum Gasteiger partial charge on any atom is 0.0546 e. The van der Waals surface area contributed by atoms with Crippen LogP contribution in [0, 0.1) is 5.41 Å². The van der Waals surface area contributed by atoms with Gasteiger partial charge in [0, 0.05) is 37.2 Å². The lowest BCUT2D eigenvalue weighted by molar-refractivity contribution is -0.0310. The van der Waals surface area contributed by atoms with Gasteiger partial charge in [0.25, 0.3) is 0 Å². The van der Waals surface area contributed by atoms with Gasteiger partial charge in [-0.05, 0) is 52.5 Å². The minimum absolute atomic E-state index is 0.347. The second-order valence-electron chi connectivity index (χ2n) is 6.88. The SMILES string of the molecule is CCCN(CC1(CNC2CC2)CCCOC1)C(C)C. The minimum atomic E-state index is 0.347. The molecule has 3 heteroatoms. The van der Waals surface area contributed by atoms with E-state index in [0.717, 1.165) is 25.8 Å². The summed E-state index contributed by atoms with van der Waals surface area (Å²) in [5.41, 5.74) is 0.347. The Morgan fingerprint density at radius 1 is 1.37 bits per heavy atom. The van der Waals surface area contributed by atoms with Crippen molar-refractivity contribution in [2.75, 3.05) is 32.8 Å². The van der Waals surface area contributed by atoms with Crippen molar-refractivity contribution in [2.24, 2.45) is 5.41 Å². The number of nitrogens with zero attached hydrogens (tertiary/aromatic N) is 1. The van der Waals surface area contributed by atoms with Crippen molar-refractivity contribution in [3.63, 3.8) is 0 Å². The normalized spacial score (nSPS) is 28.3. The van der Waals surface area contributed by atoms with Crippen LogP contribution in [0.4, 0.5) is 0 Å². The van der Waals surface area contributed by atoms with Crippen LogP contribution < -0.4 is 5.32 Å². The molecule has 1 aliphatic carbocycles. The number of ether oxygens (including phenoxy) is 1. The third-order valence-corrected chi connectivity index (χ3v) is 4.53. The quantitative estimate of drug-likeness (QED) is 0.732. The van der Waals surface area contributed by atoms with Gasteiger partial charge < -0.3 is 15.0 Å². The monoisotopic (exact) mass is 268 g/mol. The van der Waals surface area contributed by atoms with E-state index in [4.69, 9.17) is 4.74 Å². The van der Waals surface area contributed by atoms with Crippen molar-refractivity contribution in [3.8, 4) is 0 Å². The van der Waals surface area contributed by atoms with E-state index in [1.807, 2.05) is 0 Å². The van der Waals surface area contributed by atoms with E-state index in [2.05, 4.69) is 31.0 Å². The van der Waals surface area contributed by atoms with Gasteiger partial charge in [0.15, 0.2) is 0 Å². The van der Waals surface area contributed by atoms with Crippen LogP contribution in [0.3, 0.4) is 0 Å². The maximum absolute atomic E-state index is 5.83. The lowest BCUT2D eigenvalue weighted by Crippen LogP contribution is -2.51. The molecule has 1 heterocycles. The molecule has 1 N–H and O–H groups in total. The molecular weight excluding hydrogens is 236 g/mol. The molecule has 1 saturated carbocycles. The first kappa shape index (κ1) is 15.3. The second kappa shape index (κ2) is 7.05. The van der Waals surface area contributed by atoms with Gasteiger partial charge in [0.05, 0.1) is 6.61 Å². The van der Waals surface area contributed by atoms with E-state index < -0.39 is 0 Å². The van der Waals surface area contributed by atoms with Gasteiger partial charge in [0.2, 0.25) is 0 Å². The summed E-state index contributed by atoms with van der Waals surface area (Å²) < 4.78 is 5.83. The van der Waals surface area contributed by atoms with Crippen LogP contribution in [0.15, 0.2) is 0 Å². The Balaban J connectivity index is 1.93. The van der Waals surface area contributed by atoms with E-state index in [-0.39, 0.29) is 0 Å². The van der Waals surface area contributed by atoms with Crippen molar-refractivity contribution in [3.05, 3.63) is 0 Å². The Bertz CT molecular complexity index is 257. The highest BCUT2D eigenvalue weighted by Crippen LogP contribution is 2.31. The maximum atomic E-state index is 5.83. The molecular formula is C16H32N2O. The molecule has 1 atom stereocenters. The van der Waals surface area contributed by atoms with Crippen molar-refractivity contribution < 1.29 is 4.74 Å². The van der Waals surface area contributed by atoms with Gasteiger partial charge in [-0.15, -0.1) is 0 Å². The first-order valence-corrected chi connectivity index (χ1v) is 8.20. The van der Waals surface area contributed by atoms with Crippen LogP contribution in [0.5, 0.6) is 0 Å². The zero-order valence-corrected chi connectivity index (χ0v) is 13.1. The van der Waals surface area contributed by atoms with Crippen molar-refractivity contribution in [2.45, 2.75) is 65.0 Å². The summed E-state index contributed by atoms with van der Waals surface area (Å²) in [6.45, 7) is 12.4. The summed E-state index contributed by atoms with van der Waals surface area (Å²) in [4.78, 5) is 2.64. The Labute approximate surface area is 119 Å². The third kappa shape index (κ3) is 4.73. The molecule has 0 spiro atoms. The first-order chi connectivity index (χ1) is 9.15. The highest BCUT2D eigenvalue weighted by atomic mass is 16.5. The predicted octanol–water partition coefficient (Wildman–Crippen LogP) is 2.66. The number of nitrogens with one attached hydrogen (secondary N) is 1. The lowest BCUT2D eigenvalue weighted by atomic mass is 9.81. The lowest BCUT2D eigenvalue weighted by Gasteiger charge is -2.42. The molecule has 1 saturated heterocycles. The average Bonchev–Trinajstić information content (AvgIpc) is 3.21. The topological polar surface area (TPSA) is 24.5 Å². The summed E-state index contributed by atoms with van der Waals surface area (Å²) in [5, 5.41) is 3.75. The molecule has 0 aromatic rings. The van der Waals surface area contributed by atoms with Crippen molar-refractivity contribution in [1.29, 1.82) is 0 Å². The number of rotatable bonds is 8. The van der Waals surface area contributed by atoms with Gasteiger partial charge in [-0.25, -0.2) is 0 Å². The highest BCUT2D eigenvalue weighted by Gasteiger charge is 2.36. The molecule has 2 rings (SSSR count). The fourth-order valence-corrected chi connectivity index (χ4v) is 3.12. The van der Waals surface area contributed by atoms with Gasteiger partial charge in [0.1, 0.15) is 0 Å². The fraction of sp³-hybridized carbons (Fsp3) is 1.00. The smallest absolute Gasteiger partial charge is 0.0546 e. The van der Waals surface area contributed by atoms with Crippen LogP contribution in [-0.2, 0) is 4.74 Å². The second-order valence-corrected chi connectivity index (χ2v) is 6.88. The van der Waals surface area contributed by atoms with E-state index in [1.165, 1.54) is 45.2 Å². The van der Waals surface area contributed by atoms with E-state index in [9.17, 15) is 0 Å². The predicted molar refractivity (Wildman–Crippen MR) is 80.5 cm³/mol. The third-order valence-electron chi connectivity index (χ3n) is 4.53.